The van der Waals surface area contributed by atoms with Crippen LogP contribution in [0.1, 0.15) is 66.7 Å². The molecule has 1 N–H and O–H groups in total. The lowest BCUT2D eigenvalue weighted by Crippen LogP contribution is -2.54. The average Bonchev–Trinajstić information content (AvgIpc) is 2.38. The third-order valence-electron chi connectivity index (χ3n) is 6.70. The second-order valence-corrected chi connectivity index (χ2v) is 8.95. The molecule has 2 saturated carbocycles. The second kappa shape index (κ2) is 4.80. The van der Waals surface area contributed by atoms with Crippen molar-refractivity contribution in [3.63, 3.8) is 0 Å². The topological polar surface area (TPSA) is 37.3 Å². The molecule has 0 aromatic heterocycles. The number of hydrogen-bond donors (Lipinski definition) is 1. The molecule has 22 heavy (non-hydrogen) atoms. The van der Waals surface area contributed by atoms with Gasteiger partial charge in [0, 0.05) is 5.57 Å². The lowest BCUT2D eigenvalue weighted by Gasteiger charge is -2.59. The van der Waals surface area contributed by atoms with E-state index in [9.17, 15) is 9.90 Å². The van der Waals surface area contributed by atoms with E-state index in [-0.39, 0.29) is 17.1 Å². The Labute approximate surface area is 134 Å². The van der Waals surface area contributed by atoms with Gasteiger partial charge < -0.3 is 5.11 Å². The number of fused-ring (bicyclic) bond motifs is 3. The summed E-state index contributed by atoms with van der Waals surface area (Å²) in [6.45, 7) is 11.1. The molecular formula is C20H30O2. The first-order valence-electron chi connectivity index (χ1n) is 8.82. The Morgan fingerprint density at radius 3 is 2.50 bits per heavy atom. The normalized spacial score (nSPS) is 40.7. The summed E-state index contributed by atoms with van der Waals surface area (Å²) in [4.78, 5) is 12.6. The van der Waals surface area contributed by atoms with E-state index in [2.05, 4.69) is 20.8 Å². The van der Waals surface area contributed by atoms with Gasteiger partial charge in [-0.15, -0.1) is 0 Å². The summed E-state index contributed by atoms with van der Waals surface area (Å²) in [7, 11) is 0. The number of aliphatic hydroxyl groups is 1. The highest BCUT2D eigenvalue weighted by Crippen LogP contribution is 2.62. The van der Waals surface area contributed by atoms with Crippen LogP contribution in [0.15, 0.2) is 23.3 Å². The van der Waals surface area contributed by atoms with Crippen LogP contribution in [0.4, 0.5) is 0 Å². The van der Waals surface area contributed by atoms with Gasteiger partial charge in [0.05, 0.1) is 0 Å². The smallest absolute Gasteiger partial charge is 0.181 e. The number of rotatable bonds is 1. The highest BCUT2D eigenvalue weighted by Gasteiger charge is 2.57. The molecule has 3 aliphatic carbocycles. The van der Waals surface area contributed by atoms with Crippen LogP contribution >= 0.6 is 0 Å². The van der Waals surface area contributed by atoms with Crippen molar-refractivity contribution >= 4 is 5.78 Å². The largest absolute Gasteiger partial charge is 0.381 e. The molecule has 2 fully saturated rings. The van der Waals surface area contributed by atoms with Crippen LogP contribution in [0.5, 0.6) is 0 Å². The van der Waals surface area contributed by atoms with Crippen molar-refractivity contribution in [2.45, 2.75) is 72.3 Å². The minimum absolute atomic E-state index is 0.0383. The highest BCUT2D eigenvalue weighted by molar-refractivity contribution is 6.06. The SMILES string of the molecule is CC(C)C1=C[C@]2(O)CC[C@@H]3C(C)(C)CCC[C@]3(C)C2=CC1=O. The molecule has 3 rings (SSSR count). The Kier molecular flexibility index (Phi) is 3.49. The lowest BCUT2D eigenvalue weighted by molar-refractivity contribution is -0.113. The van der Waals surface area contributed by atoms with Gasteiger partial charge in [0.25, 0.3) is 0 Å². The Morgan fingerprint density at radius 2 is 1.86 bits per heavy atom. The van der Waals surface area contributed by atoms with Crippen LogP contribution in [0.2, 0.25) is 0 Å². The van der Waals surface area contributed by atoms with Gasteiger partial charge in [0.2, 0.25) is 0 Å². The van der Waals surface area contributed by atoms with Crippen molar-refractivity contribution in [2.24, 2.45) is 22.7 Å². The van der Waals surface area contributed by atoms with E-state index in [0.29, 0.717) is 11.3 Å². The van der Waals surface area contributed by atoms with Gasteiger partial charge in [0.1, 0.15) is 5.60 Å². The molecule has 0 spiro atoms. The first kappa shape index (κ1) is 16.0. The molecule has 0 saturated heterocycles. The van der Waals surface area contributed by atoms with Crippen LogP contribution in [0.3, 0.4) is 0 Å². The van der Waals surface area contributed by atoms with E-state index < -0.39 is 5.60 Å². The number of hydrogen-bond acceptors (Lipinski definition) is 2. The van der Waals surface area contributed by atoms with Crippen LogP contribution in [-0.2, 0) is 4.79 Å². The van der Waals surface area contributed by atoms with Gasteiger partial charge in [-0.3, -0.25) is 4.79 Å². The fraction of sp³-hybridized carbons (Fsp3) is 0.750. The van der Waals surface area contributed by atoms with E-state index >= 15 is 0 Å². The van der Waals surface area contributed by atoms with Gasteiger partial charge in [-0.1, -0.05) is 41.0 Å². The fourth-order valence-corrected chi connectivity index (χ4v) is 5.58. The van der Waals surface area contributed by atoms with Crippen LogP contribution in [-0.4, -0.2) is 16.5 Å². The number of carbonyl (C=O) groups excluding carboxylic acids is 1. The molecule has 3 aliphatic rings. The molecular weight excluding hydrogens is 272 g/mol. The molecule has 2 heteroatoms. The summed E-state index contributed by atoms with van der Waals surface area (Å²) in [6.07, 6.45) is 9.01. The van der Waals surface area contributed by atoms with Crippen molar-refractivity contribution in [2.75, 3.05) is 0 Å². The summed E-state index contributed by atoms with van der Waals surface area (Å²) >= 11 is 0. The van der Waals surface area contributed by atoms with Gasteiger partial charge >= 0.3 is 0 Å². The zero-order valence-electron chi connectivity index (χ0n) is 14.7. The number of ketones is 1. The Morgan fingerprint density at radius 1 is 1.18 bits per heavy atom. The molecule has 0 aliphatic heterocycles. The summed E-state index contributed by atoms with van der Waals surface area (Å²) in [6, 6.07) is 0. The molecule has 0 radical (unpaired) electrons. The van der Waals surface area contributed by atoms with Crippen molar-refractivity contribution in [1.82, 2.24) is 0 Å². The highest BCUT2D eigenvalue weighted by atomic mass is 16.3. The van der Waals surface area contributed by atoms with Gasteiger partial charge in [-0.05, 0) is 66.1 Å². The monoisotopic (exact) mass is 302 g/mol. The zero-order chi connectivity index (χ0) is 16.3. The predicted octanol–water partition coefficient (Wildman–Crippen LogP) is 4.44. The molecule has 2 nitrogen and oxygen atoms in total. The molecule has 3 atom stereocenters. The quantitative estimate of drug-likeness (QED) is 0.777. The molecule has 0 bridgehead atoms. The number of allylic oxidation sites excluding steroid dienone is 2. The maximum atomic E-state index is 12.6. The average molecular weight is 302 g/mol. The van der Waals surface area contributed by atoms with Gasteiger partial charge in [-0.2, -0.15) is 0 Å². The Balaban J connectivity index is 2.08. The lowest BCUT2D eigenvalue weighted by atomic mass is 9.47. The van der Waals surface area contributed by atoms with Crippen molar-refractivity contribution in [3.8, 4) is 0 Å². The summed E-state index contributed by atoms with van der Waals surface area (Å²) in [5, 5.41) is 11.3. The van der Waals surface area contributed by atoms with E-state index in [0.717, 1.165) is 30.4 Å². The maximum Gasteiger partial charge on any atom is 0.181 e. The van der Waals surface area contributed by atoms with E-state index in [1.807, 2.05) is 19.9 Å². The zero-order valence-corrected chi connectivity index (χ0v) is 14.7. The minimum atomic E-state index is -0.897. The molecule has 0 amide bonds. The fourth-order valence-electron chi connectivity index (χ4n) is 5.58. The van der Waals surface area contributed by atoms with E-state index in [1.165, 1.54) is 12.8 Å². The molecule has 0 heterocycles. The second-order valence-electron chi connectivity index (χ2n) is 8.95. The van der Waals surface area contributed by atoms with Crippen LogP contribution in [0, 0.1) is 22.7 Å². The Hall–Kier alpha value is -0.890. The van der Waals surface area contributed by atoms with Crippen molar-refractivity contribution < 1.29 is 9.90 Å². The maximum absolute atomic E-state index is 12.6. The standard InChI is InChI=1S/C20H30O2/c1-13(2)14-12-20(22)10-7-16-18(3,4)8-6-9-19(16,5)17(20)11-15(14)21/h11-13,16,22H,6-10H2,1-5H3/t16-,19+,20-/m1/s1. The molecule has 0 aromatic rings. The van der Waals surface area contributed by atoms with Crippen molar-refractivity contribution in [1.29, 1.82) is 0 Å². The first-order valence-corrected chi connectivity index (χ1v) is 8.82. The molecule has 0 aromatic carbocycles. The first-order chi connectivity index (χ1) is 10.1. The summed E-state index contributed by atoms with van der Waals surface area (Å²) < 4.78 is 0. The van der Waals surface area contributed by atoms with Crippen LogP contribution in [0.25, 0.3) is 0 Å². The third-order valence-corrected chi connectivity index (χ3v) is 6.70. The summed E-state index contributed by atoms with van der Waals surface area (Å²) in [5.41, 5.74) is 1.14. The predicted molar refractivity (Wildman–Crippen MR) is 89.4 cm³/mol. The van der Waals surface area contributed by atoms with Crippen molar-refractivity contribution in [3.05, 3.63) is 23.3 Å². The Bertz CT molecular complexity index is 566. The van der Waals surface area contributed by atoms with E-state index in [4.69, 9.17) is 0 Å². The molecule has 0 unspecified atom stereocenters. The van der Waals surface area contributed by atoms with Gasteiger partial charge in [0.15, 0.2) is 5.78 Å². The van der Waals surface area contributed by atoms with E-state index in [1.54, 1.807) is 6.08 Å². The number of carbonyl (C=O) groups is 1. The van der Waals surface area contributed by atoms with Crippen LogP contribution < -0.4 is 0 Å². The minimum Gasteiger partial charge on any atom is -0.381 e. The summed E-state index contributed by atoms with van der Waals surface area (Å²) in [5.74, 6) is 0.838. The molecule has 122 valence electrons. The van der Waals surface area contributed by atoms with Gasteiger partial charge in [-0.25, -0.2) is 0 Å². The third kappa shape index (κ3) is 2.14.